The highest BCUT2D eigenvalue weighted by atomic mass is 35.5. The molecule has 0 spiro atoms. The molecule has 2 aromatic rings. The molecule has 0 aliphatic heterocycles. The Morgan fingerprint density at radius 1 is 1.43 bits per heavy atom. The molecule has 1 saturated carbocycles. The number of thioether (sulfide) groups is 1. The van der Waals surface area contributed by atoms with Gasteiger partial charge in [0.25, 0.3) is 0 Å². The monoisotopic (exact) mass is 322 g/mol. The normalized spacial score (nSPS) is 23.8. The second-order valence-corrected chi connectivity index (χ2v) is 8.11. The third kappa shape index (κ3) is 2.83. The van der Waals surface area contributed by atoms with E-state index in [9.17, 15) is 0 Å². The molecule has 1 aliphatic carbocycles. The van der Waals surface area contributed by atoms with Crippen LogP contribution in [0, 0.1) is 6.92 Å². The molecule has 0 N–H and O–H groups in total. The molecule has 1 heterocycles. The number of aryl methyl sites for hydroxylation is 1. The Hall–Kier alpha value is -0.670. The summed E-state index contributed by atoms with van der Waals surface area (Å²) in [6.45, 7) is 6.43. The Kier molecular flexibility index (Phi) is 4.51. The molecule has 21 heavy (non-hydrogen) atoms. The molecule has 1 fully saturated rings. The summed E-state index contributed by atoms with van der Waals surface area (Å²) in [7, 11) is 0. The molecule has 0 bridgehead atoms. The molecule has 114 valence electrons. The number of fused-ring (bicyclic) bond motifs is 1. The molecule has 1 aliphatic rings. The third-order valence-corrected chi connectivity index (χ3v) is 5.86. The van der Waals surface area contributed by atoms with Crippen LogP contribution >= 0.6 is 23.4 Å². The van der Waals surface area contributed by atoms with Crippen LogP contribution in [0.2, 0.25) is 0 Å². The number of aromatic nitrogens is 2. The summed E-state index contributed by atoms with van der Waals surface area (Å²) in [4.78, 5) is 4.81. The van der Waals surface area contributed by atoms with Crippen molar-refractivity contribution in [1.82, 2.24) is 9.55 Å². The second kappa shape index (κ2) is 6.21. The van der Waals surface area contributed by atoms with Crippen molar-refractivity contribution in [2.24, 2.45) is 0 Å². The van der Waals surface area contributed by atoms with Crippen LogP contribution in [0.15, 0.2) is 18.2 Å². The molecule has 1 aromatic carbocycles. The van der Waals surface area contributed by atoms with Crippen LogP contribution < -0.4 is 0 Å². The summed E-state index contributed by atoms with van der Waals surface area (Å²) >= 11 is 8.52. The van der Waals surface area contributed by atoms with Crippen LogP contribution in [0.3, 0.4) is 0 Å². The Morgan fingerprint density at radius 2 is 2.24 bits per heavy atom. The summed E-state index contributed by atoms with van der Waals surface area (Å²) in [6.07, 6.45) is 3.86. The van der Waals surface area contributed by atoms with Gasteiger partial charge in [0.2, 0.25) is 0 Å². The van der Waals surface area contributed by atoms with E-state index >= 15 is 0 Å². The van der Waals surface area contributed by atoms with Crippen molar-refractivity contribution in [2.75, 3.05) is 5.75 Å². The maximum atomic E-state index is 6.43. The van der Waals surface area contributed by atoms with Crippen LogP contribution in [0.4, 0.5) is 0 Å². The molecular formula is C17H23ClN2S. The van der Waals surface area contributed by atoms with Crippen molar-refractivity contribution in [3.05, 3.63) is 29.6 Å². The molecule has 0 radical (unpaired) electrons. The average molecular weight is 323 g/mol. The first kappa shape index (κ1) is 15.2. The lowest BCUT2D eigenvalue weighted by molar-refractivity contribution is 0.519. The van der Waals surface area contributed by atoms with Crippen LogP contribution in [0.25, 0.3) is 11.0 Å². The summed E-state index contributed by atoms with van der Waals surface area (Å²) in [5.41, 5.74) is 3.62. The predicted molar refractivity (Wildman–Crippen MR) is 93.5 cm³/mol. The first-order chi connectivity index (χ1) is 10.1. The molecule has 0 saturated heterocycles. The van der Waals surface area contributed by atoms with Gasteiger partial charge >= 0.3 is 0 Å². The topological polar surface area (TPSA) is 17.8 Å². The van der Waals surface area contributed by atoms with Gasteiger partial charge < -0.3 is 4.57 Å². The maximum Gasteiger partial charge on any atom is 0.128 e. The van der Waals surface area contributed by atoms with E-state index in [0.29, 0.717) is 11.3 Å². The zero-order valence-corrected chi connectivity index (χ0v) is 14.5. The highest BCUT2D eigenvalue weighted by Gasteiger charge is 2.32. The fraction of sp³-hybridized carbons (Fsp3) is 0.588. The maximum absolute atomic E-state index is 6.43. The molecule has 3 unspecified atom stereocenters. The van der Waals surface area contributed by atoms with Crippen molar-refractivity contribution >= 4 is 34.4 Å². The van der Waals surface area contributed by atoms with Gasteiger partial charge in [-0.15, -0.1) is 11.6 Å². The second-order valence-electron chi connectivity index (χ2n) is 5.94. The number of nitrogens with zero attached hydrogens (tertiary/aromatic N) is 2. The lowest BCUT2D eigenvalue weighted by Gasteiger charge is -2.24. The lowest BCUT2D eigenvalue weighted by atomic mass is 10.2. The highest BCUT2D eigenvalue weighted by Crippen LogP contribution is 2.42. The number of halogens is 1. The summed E-state index contributed by atoms with van der Waals surface area (Å²) in [6, 6.07) is 7.06. The van der Waals surface area contributed by atoms with Gasteiger partial charge in [-0.1, -0.05) is 19.4 Å². The van der Waals surface area contributed by atoms with E-state index in [-0.39, 0.29) is 5.38 Å². The van der Waals surface area contributed by atoms with E-state index < -0.39 is 0 Å². The minimum Gasteiger partial charge on any atom is -0.322 e. The molecule has 2 nitrogen and oxygen atoms in total. The fourth-order valence-corrected chi connectivity index (χ4v) is 4.86. The zero-order chi connectivity index (χ0) is 15.0. The average Bonchev–Trinajstić information content (AvgIpc) is 3.02. The van der Waals surface area contributed by atoms with Crippen molar-refractivity contribution < 1.29 is 0 Å². The van der Waals surface area contributed by atoms with Crippen molar-refractivity contribution in [3.63, 3.8) is 0 Å². The van der Waals surface area contributed by atoms with E-state index in [4.69, 9.17) is 16.6 Å². The third-order valence-electron chi connectivity index (χ3n) is 4.36. The SMILES string of the molecule is CCSC1CCCC1n1c(C(C)Cl)nc2ccc(C)cc21. The van der Waals surface area contributed by atoms with Crippen molar-refractivity contribution in [2.45, 2.75) is 56.7 Å². The number of hydrogen-bond donors (Lipinski definition) is 0. The smallest absolute Gasteiger partial charge is 0.128 e. The van der Waals surface area contributed by atoms with Crippen molar-refractivity contribution in [1.29, 1.82) is 0 Å². The minimum absolute atomic E-state index is 0.0504. The summed E-state index contributed by atoms with van der Waals surface area (Å²) in [5, 5.41) is 0.646. The predicted octanol–water partition coefficient (Wildman–Crippen LogP) is 5.49. The first-order valence-corrected chi connectivity index (χ1v) is 9.34. The Morgan fingerprint density at radius 3 is 2.95 bits per heavy atom. The van der Waals surface area contributed by atoms with Gasteiger partial charge in [0, 0.05) is 11.3 Å². The zero-order valence-electron chi connectivity index (χ0n) is 13.0. The number of rotatable bonds is 4. The number of alkyl halides is 1. The van der Waals surface area contributed by atoms with Gasteiger partial charge in [0.05, 0.1) is 16.4 Å². The largest absolute Gasteiger partial charge is 0.322 e. The molecule has 0 amide bonds. The summed E-state index contributed by atoms with van der Waals surface area (Å²) < 4.78 is 2.44. The molecule has 3 atom stereocenters. The first-order valence-electron chi connectivity index (χ1n) is 7.86. The number of hydrogen-bond acceptors (Lipinski definition) is 2. The van der Waals surface area contributed by atoms with Crippen LogP contribution in [0.5, 0.6) is 0 Å². The molecular weight excluding hydrogens is 300 g/mol. The Balaban J connectivity index is 2.14. The van der Waals surface area contributed by atoms with Gasteiger partial charge in [-0.05, 0) is 50.1 Å². The Bertz CT molecular complexity index is 635. The lowest BCUT2D eigenvalue weighted by Crippen LogP contribution is -2.19. The van der Waals surface area contributed by atoms with E-state index in [2.05, 4.69) is 48.4 Å². The van der Waals surface area contributed by atoms with E-state index in [0.717, 1.165) is 11.3 Å². The van der Waals surface area contributed by atoms with Gasteiger partial charge in [-0.25, -0.2) is 4.98 Å². The van der Waals surface area contributed by atoms with Gasteiger partial charge in [-0.2, -0.15) is 11.8 Å². The van der Waals surface area contributed by atoms with Crippen LogP contribution in [-0.2, 0) is 0 Å². The molecule has 4 heteroatoms. The number of imidazole rings is 1. The minimum atomic E-state index is -0.0504. The highest BCUT2D eigenvalue weighted by molar-refractivity contribution is 7.99. The van der Waals surface area contributed by atoms with E-state index in [1.165, 1.54) is 36.1 Å². The quantitative estimate of drug-likeness (QED) is 0.692. The Labute approximate surface area is 136 Å². The van der Waals surface area contributed by atoms with Gasteiger partial charge in [0.1, 0.15) is 5.82 Å². The van der Waals surface area contributed by atoms with E-state index in [1.54, 1.807) is 0 Å². The van der Waals surface area contributed by atoms with E-state index in [1.807, 2.05) is 6.92 Å². The van der Waals surface area contributed by atoms with Crippen LogP contribution in [-0.4, -0.2) is 20.6 Å². The molecule has 1 aromatic heterocycles. The van der Waals surface area contributed by atoms with Crippen LogP contribution in [0.1, 0.15) is 55.9 Å². The standard InChI is InChI=1S/C17H23ClN2S/c1-4-21-16-7-5-6-14(16)20-15-10-11(2)8-9-13(15)19-17(20)12(3)18/h8-10,12,14,16H,4-7H2,1-3H3. The summed E-state index contributed by atoms with van der Waals surface area (Å²) in [5.74, 6) is 2.21. The fourth-order valence-electron chi connectivity index (χ4n) is 3.46. The van der Waals surface area contributed by atoms with Gasteiger partial charge in [-0.3, -0.25) is 0 Å². The molecule has 3 rings (SSSR count). The van der Waals surface area contributed by atoms with Gasteiger partial charge in [0.15, 0.2) is 0 Å². The number of benzene rings is 1. The van der Waals surface area contributed by atoms with Crippen molar-refractivity contribution in [3.8, 4) is 0 Å².